The summed E-state index contributed by atoms with van der Waals surface area (Å²) >= 11 is 14.0. The average Bonchev–Trinajstić information content (AvgIpc) is 3.47. The minimum atomic E-state index is -0.000768. The molecule has 176 valence electrons. The average molecular weight is 522 g/mol. The maximum atomic E-state index is 10.0. The summed E-state index contributed by atoms with van der Waals surface area (Å²) < 4.78 is 1.95. The number of hydrogen-bond acceptors (Lipinski definition) is 7. The lowest BCUT2D eigenvalue weighted by Gasteiger charge is -2.43. The predicted molar refractivity (Wildman–Crippen MR) is 137 cm³/mol. The lowest BCUT2D eigenvalue weighted by Crippen LogP contribution is -2.44. The quantitative estimate of drug-likeness (QED) is 0.390. The molecular formula is C25H21Cl2N7S. The van der Waals surface area contributed by atoms with Crippen LogP contribution >= 0.6 is 35.0 Å². The topological polar surface area (TPSA) is 96.1 Å². The number of pyridine rings is 2. The smallest absolute Gasteiger partial charge is 0.177 e. The molecule has 1 aliphatic carbocycles. The molecule has 0 unspecified atom stereocenters. The molecule has 4 aromatic rings. The third-order valence-electron chi connectivity index (χ3n) is 7.29. The van der Waals surface area contributed by atoms with Gasteiger partial charge in [-0.1, -0.05) is 47.1 Å². The van der Waals surface area contributed by atoms with Crippen molar-refractivity contribution in [1.29, 1.82) is 5.26 Å². The van der Waals surface area contributed by atoms with Crippen LogP contribution in [0.3, 0.4) is 0 Å². The van der Waals surface area contributed by atoms with Crippen LogP contribution in [0.4, 0.5) is 5.82 Å². The van der Waals surface area contributed by atoms with Gasteiger partial charge in [-0.05, 0) is 54.5 Å². The molecule has 0 saturated carbocycles. The second kappa shape index (κ2) is 8.68. The van der Waals surface area contributed by atoms with E-state index in [1.807, 2.05) is 34.9 Å². The molecule has 1 spiro atoms. The van der Waals surface area contributed by atoms with Crippen LogP contribution in [0.1, 0.15) is 35.7 Å². The number of nitrogens with two attached hydrogens (primary N) is 1. The lowest BCUT2D eigenvalue weighted by molar-refractivity contribution is 0.186. The maximum Gasteiger partial charge on any atom is 0.177 e. The maximum absolute atomic E-state index is 10.0. The van der Waals surface area contributed by atoms with Gasteiger partial charge in [-0.2, -0.15) is 5.26 Å². The molecule has 2 aliphatic rings. The first-order valence-electron chi connectivity index (χ1n) is 11.3. The highest BCUT2D eigenvalue weighted by atomic mass is 35.5. The summed E-state index contributed by atoms with van der Waals surface area (Å²) in [6.07, 6.45) is 6.36. The zero-order valence-electron chi connectivity index (χ0n) is 18.7. The Kier molecular flexibility index (Phi) is 5.61. The highest BCUT2D eigenvalue weighted by molar-refractivity contribution is 7.99. The second-order valence-corrected chi connectivity index (χ2v) is 10.9. The van der Waals surface area contributed by atoms with E-state index in [1.54, 1.807) is 12.4 Å². The molecule has 1 aromatic carbocycles. The van der Waals surface area contributed by atoms with Gasteiger partial charge in [0, 0.05) is 35.9 Å². The van der Waals surface area contributed by atoms with E-state index in [9.17, 15) is 5.26 Å². The molecule has 7 nitrogen and oxygen atoms in total. The molecule has 0 bridgehead atoms. The van der Waals surface area contributed by atoms with Gasteiger partial charge in [0.2, 0.25) is 0 Å². The van der Waals surface area contributed by atoms with Crippen LogP contribution in [0.15, 0.2) is 58.7 Å². The normalized spacial score (nSPS) is 18.7. The Bertz CT molecular complexity index is 1490. The third kappa shape index (κ3) is 3.66. The number of nitriles is 1. The number of aromatic nitrogens is 4. The van der Waals surface area contributed by atoms with Gasteiger partial charge in [-0.25, -0.2) is 0 Å². The number of piperidine rings is 1. The van der Waals surface area contributed by atoms with Crippen LogP contribution in [-0.4, -0.2) is 32.7 Å². The van der Waals surface area contributed by atoms with Crippen molar-refractivity contribution in [1.82, 2.24) is 19.6 Å². The summed E-state index contributed by atoms with van der Waals surface area (Å²) in [4.78, 5) is 8.34. The van der Waals surface area contributed by atoms with Crippen molar-refractivity contribution in [3.8, 4) is 6.07 Å². The summed E-state index contributed by atoms with van der Waals surface area (Å²) in [6.45, 7) is 1.65. The lowest BCUT2D eigenvalue weighted by atomic mass is 9.73. The zero-order valence-corrected chi connectivity index (χ0v) is 21.0. The Hall–Kier alpha value is -2.83. The van der Waals surface area contributed by atoms with Crippen LogP contribution < -0.4 is 10.6 Å². The third-order valence-corrected chi connectivity index (χ3v) is 9.39. The molecule has 4 heterocycles. The molecule has 6 rings (SSSR count). The molecule has 1 aliphatic heterocycles. The Morgan fingerprint density at radius 2 is 2.00 bits per heavy atom. The summed E-state index contributed by atoms with van der Waals surface area (Å²) in [7, 11) is 0. The van der Waals surface area contributed by atoms with Crippen molar-refractivity contribution >= 4 is 46.4 Å². The van der Waals surface area contributed by atoms with E-state index in [2.05, 4.69) is 32.2 Å². The van der Waals surface area contributed by atoms with Gasteiger partial charge < -0.3 is 10.6 Å². The minimum Gasteiger partial charge on any atom is -0.358 e. The molecule has 10 heteroatoms. The molecule has 1 atom stereocenters. The first kappa shape index (κ1) is 22.6. The van der Waals surface area contributed by atoms with Crippen molar-refractivity contribution in [2.24, 2.45) is 11.1 Å². The highest BCUT2D eigenvalue weighted by Gasteiger charge is 2.46. The van der Waals surface area contributed by atoms with E-state index in [0.29, 0.717) is 26.2 Å². The van der Waals surface area contributed by atoms with Crippen LogP contribution in [0, 0.1) is 16.7 Å². The monoisotopic (exact) mass is 521 g/mol. The van der Waals surface area contributed by atoms with Gasteiger partial charge in [-0.3, -0.25) is 9.38 Å². The van der Waals surface area contributed by atoms with Crippen LogP contribution in [-0.2, 0) is 6.42 Å². The first-order valence-corrected chi connectivity index (χ1v) is 12.9. The van der Waals surface area contributed by atoms with Crippen LogP contribution in [0.2, 0.25) is 10.0 Å². The number of hydrogen-bond donors (Lipinski definition) is 1. The fourth-order valence-corrected chi connectivity index (χ4v) is 6.85. The Labute approximate surface area is 216 Å². The van der Waals surface area contributed by atoms with Crippen molar-refractivity contribution in [3.05, 3.63) is 75.8 Å². The molecular weight excluding hydrogens is 501 g/mol. The summed E-state index contributed by atoms with van der Waals surface area (Å²) in [5.74, 6) is 0.903. The predicted octanol–water partition coefficient (Wildman–Crippen LogP) is 5.30. The van der Waals surface area contributed by atoms with Crippen molar-refractivity contribution in [3.63, 3.8) is 0 Å². The molecule has 35 heavy (non-hydrogen) atoms. The van der Waals surface area contributed by atoms with Gasteiger partial charge in [-0.15, -0.1) is 10.2 Å². The largest absolute Gasteiger partial charge is 0.358 e. The summed E-state index contributed by atoms with van der Waals surface area (Å²) in [5, 5.41) is 19.5. The summed E-state index contributed by atoms with van der Waals surface area (Å²) in [5.41, 5.74) is 10.2. The fraction of sp³-hybridized carbons (Fsp3) is 0.280. The number of rotatable bonds is 3. The van der Waals surface area contributed by atoms with Crippen LogP contribution in [0.25, 0.3) is 5.65 Å². The second-order valence-electron chi connectivity index (χ2n) is 9.08. The number of fused-ring (bicyclic) bond motifs is 2. The molecule has 2 N–H and O–H groups in total. The van der Waals surface area contributed by atoms with E-state index < -0.39 is 0 Å². The Morgan fingerprint density at radius 1 is 1.17 bits per heavy atom. The first-order chi connectivity index (χ1) is 17.0. The number of nitrogens with zero attached hydrogens (tertiary/aromatic N) is 6. The van der Waals surface area contributed by atoms with Gasteiger partial charge in [0.1, 0.15) is 18.2 Å². The zero-order chi connectivity index (χ0) is 24.2. The molecule has 0 amide bonds. The van der Waals surface area contributed by atoms with Crippen LogP contribution in [0.5, 0.6) is 0 Å². The van der Waals surface area contributed by atoms with Crippen molar-refractivity contribution in [2.75, 3.05) is 18.0 Å². The number of benzene rings is 1. The SMILES string of the molecule is N#Cc1cc(N2CCC3(CC2)Cc2ncccc2[C@H]3N)n2cnnc2c1Sc1cccc(Cl)c1Cl. The molecule has 0 radical (unpaired) electrons. The Balaban J connectivity index is 1.32. The number of halogens is 2. The van der Waals surface area contributed by atoms with E-state index >= 15 is 0 Å². The molecule has 1 saturated heterocycles. The van der Waals surface area contributed by atoms with Gasteiger partial charge in [0.25, 0.3) is 0 Å². The van der Waals surface area contributed by atoms with E-state index in [4.69, 9.17) is 28.9 Å². The van der Waals surface area contributed by atoms with E-state index in [1.165, 1.54) is 17.3 Å². The van der Waals surface area contributed by atoms with Gasteiger partial charge in [0.15, 0.2) is 5.65 Å². The minimum absolute atomic E-state index is 0.000768. The standard InChI is InChI=1S/C25H21Cl2N7S/c26-17-4-1-5-19(21(17)27)35-22-15(13-28)11-20(34-14-31-32-24(22)34)33-9-6-25(7-10-33)12-18-16(23(25)29)3-2-8-30-18/h1-5,8,11,14,23H,6-7,9-10,12,29H2/t23-/m1/s1. The highest BCUT2D eigenvalue weighted by Crippen LogP contribution is 2.50. The van der Waals surface area contributed by atoms with E-state index in [0.717, 1.165) is 48.8 Å². The van der Waals surface area contributed by atoms with Crippen molar-refractivity contribution < 1.29 is 0 Å². The Morgan fingerprint density at radius 3 is 2.77 bits per heavy atom. The van der Waals surface area contributed by atoms with Gasteiger partial charge >= 0.3 is 0 Å². The molecule has 1 fully saturated rings. The van der Waals surface area contributed by atoms with Crippen molar-refractivity contribution in [2.45, 2.75) is 35.1 Å². The van der Waals surface area contributed by atoms with Gasteiger partial charge in [0.05, 0.1) is 20.5 Å². The number of anilines is 1. The van der Waals surface area contributed by atoms with E-state index in [-0.39, 0.29) is 11.5 Å². The fourth-order valence-electron chi connectivity index (χ4n) is 5.37. The molecule has 3 aromatic heterocycles. The summed E-state index contributed by atoms with van der Waals surface area (Å²) in [6, 6.07) is 13.8.